The first-order valence-corrected chi connectivity index (χ1v) is 13.3. The summed E-state index contributed by atoms with van der Waals surface area (Å²) in [4.78, 5) is 32.5. The third-order valence-corrected chi connectivity index (χ3v) is 8.21. The molecule has 1 unspecified atom stereocenters. The Morgan fingerprint density at radius 3 is 2.94 bits per heavy atom. The summed E-state index contributed by atoms with van der Waals surface area (Å²) in [7, 11) is 1.68. The van der Waals surface area contributed by atoms with Gasteiger partial charge in [-0.2, -0.15) is 0 Å². The van der Waals surface area contributed by atoms with Crippen LogP contribution in [0.2, 0.25) is 0 Å². The second-order valence-corrected chi connectivity index (χ2v) is 10.5. The molecule has 0 spiro atoms. The predicted octanol–water partition coefficient (Wildman–Crippen LogP) is 3.49. The SMILES string of the molecule is COc1ccc2ncc3c(c2c1)CC(CN1CCC(NC(=O)c2ccc4c(c2)NC(=O)CS4)CC1)O3. The minimum atomic E-state index is -0.0922. The highest BCUT2D eigenvalue weighted by Crippen LogP contribution is 2.36. The minimum absolute atomic E-state index is 0.0315. The normalized spacial score (nSPS) is 19.8. The smallest absolute Gasteiger partial charge is 0.251 e. The lowest BCUT2D eigenvalue weighted by molar-refractivity contribution is -0.113. The highest BCUT2D eigenvalue weighted by atomic mass is 32.2. The Kier molecular flexibility index (Phi) is 6.18. The Morgan fingerprint density at radius 2 is 2.11 bits per heavy atom. The van der Waals surface area contributed by atoms with Gasteiger partial charge in [0.1, 0.15) is 17.6 Å². The lowest BCUT2D eigenvalue weighted by Gasteiger charge is -2.33. The molecule has 6 rings (SSSR count). The topological polar surface area (TPSA) is 92.8 Å². The molecule has 3 aliphatic rings. The van der Waals surface area contributed by atoms with Crippen molar-refractivity contribution < 1.29 is 19.1 Å². The Bertz CT molecular complexity index is 1340. The van der Waals surface area contributed by atoms with Crippen molar-refractivity contribution in [3.8, 4) is 11.5 Å². The molecule has 0 bridgehead atoms. The van der Waals surface area contributed by atoms with Crippen molar-refractivity contribution in [2.24, 2.45) is 0 Å². The van der Waals surface area contributed by atoms with Crippen molar-refractivity contribution in [3.05, 3.63) is 53.7 Å². The largest absolute Gasteiger partial charge is 0.497 e. The van der Waals surface area contributed by atoms with Gasteiger partial charge in [0.2, 0.25) is 5.91 Å². The molecular formula is C27H28N4O4S. The maximum absolute atomic E-state index is 12.8. The zero-order chi connectivity index (χ0) is 24.6. The number of benzene rings is 2. The number of hydrogen-bond donors (Lipinski definition) is 2. The fourth-order valence-electron chi connectivity index (χ4n) is 5.24. The fraction of sp³-hybridized carbons (Fsp3) is 0.370. The van der Waals surface area contributed by atoms with Crippen molar-refractivity contribution in [2.45, 2.75) is 36.3 Å². The number of aromatic nitrogens is 1. The summed E-state index contributed by atoms with van der Waals surface area (Å²) in [5, 5.41) is 7.12. The van der Waals surface area contributed by atoms with E-state index < -0.39 is 0 Å². The Morgan fingerprint density at radius 1 is 1.25 bits per heavy atom. The number of hydrogen-bond acceptors (Lipinski definition) is 7. The van der Waals surface area contributed by atoms with Gasteiger partial charge in [-0.05, 0) is 49.2 Å². The number of carbonyl (C=O) groups excluding carboxylic acids is 2. The van der Waals surface area contributed by atoms with Crippen molar-refractivity contribution in [3.63, 3.8) is 0 Å². The lowest BCUT2D eigenvalue weighted by atomic mass is 10.0. The van der Waals surface area contributed by atoms with Crippen LogP contribution < -0.4 is 20.1 Å². The number of likely N-dealkylation sites (tertiary alicyclic amines) is 1. The predicted molar refractivity (Wildman–Crippen MR) is 139 cm³/mol. The number of rotatable bonds is 5. The van der Waals surface area contributed by atoms with Crippen LogP contribution in [0.5, 0.6) is 11.5 Å². The fourth-order valence-corrected chi connectivity index (χ4v) is 6.03. The molecule has 1 atom stereocenters. The first kappa shape index (κ1) is 23.1. The monoisotopic (exact) mass is 504 g/mol. The number of thioether (sulfide) groups is 1. The van der Waals surface area contributed by atoms with Crippen LogP contribution in [0.3, 0.4) is 0 Å². The quantitative estimate of drug-likeness (QED) is 0.550. The zero-order valence-electron chi connectivity index (χ0n) is 20.1. The van der Waals surface area contributed by atoms with Crippen LogP contribution in [0.4, 0.5) is 5.69 Å². The third kappa shape index (κ3) is 4.60. The van der Waals surface area contributed by atoms with Crippen LogP contribution in [-0.4, -0.2) is 66.3 Å². The summed E-state index contributed by atoms with van der Waals surface area (Å²) in [6.07, 6.45) is 4.56. The molecule has 9 heteroatoms. The lowest BCUT2D eigenvalue weighted by Crippen LogP contribution is -2.47. The number of carbonyl (C=O) groups is 2. The summed E-state index contributed by atoms with van der Waals surface area (Å²) in [6.45, 7) is 2.67. The summed E-state index contributed by atoms with van der Waals surface area (Å²) in [5.74, 6) is 1.98. The number of amides is 2. The summed E-state index contributed by atoms with van der Waals surface area (Å²) >= 11 is 1.50. The molecule has 8 nitrogen and oxygen atoms in total. The maximum atomic E-state index is 12.8. The van der Waals surface area contributed by atoms with Crippen LogP contribution in [0.25, 0.3) is 10.9 Å². The third-order valence-electron chi connectivity index (χ3n) is 7.13. The molecular weight excluding hydrogens is 476 g/mol. The van der Waals surface area contributed by atoms with E-state index in [4.69, 9.17) is 9.47 Å². The van der Waals surface area contributed by atoms with Crippen molar-refractivity contribution in [1.29, 1.82) is 0 Å². The van der Waals surface area contributed by atoms with Gasteiger partial charge in [-0.15, -0.1) is 11.8 Å². The van der Waals surface area contributed by atoms with Gasteiger partial charge in [0.15, 0.2) is 0 Å². The number of fused-ring (bicyclic) bond motifs is 4. The van der Waals surface area contributed by atoms with Gasteiger partial charge in [-0.3, -0.25) is 19.5 Å². The Hall–Kier alpha value is -3.30. The first-order valence-electron chi connectivity index (χ1n) is 12.3. The van der Waals surface area contributed by atoms with E-state index in [0.717, 1.165) is 71.9 Å². The van der Waals surface area contributed by atoms with Crippen molar-refractivity contribution in [1.82, 2.24) is 15.2 Å². The number of anilines is 1. The van der Waals surface area contributed by atoms with Crippen molar-refractivity contribution in [2.75, 3.05) is 37.8 Å². The van der Waals surface area contributed by atoms with Crippen LogP contribution in [-0.2, 0) is 11.2 Å². The van der Waals surface area contributed by atoms with Crippen LogP contribution in [0.15, 0.2) is 47.5 Å². The second-order valence-electron chi connectivity index (χ2n) is 9.52. The maximum Gasteiger partial charge on any atom is 0.251 e. The van der Waals surface area contributed by atoms with Crippen LogP contribution in [0, 0.1) is 0 Å². The molecule has 3 aromatic rings. The van der Waals surface area contributed by atoms with E-state index in [2.05, 4.69) is 20.5 Å². The molecule has 2 aromatic carbocycles. The number of nitrogens with one attached hydrogen (secondary N) is 2. The van der Waals surface area contributed by atoms with E-state index in [9.17, 15) is 9.59 Å². The molecule has 0 aliphatic carbocycles. The molecule has 0 saturated carbocycles. The van der Waals surface area contributed by atoms with Gasteiger partial charge >= 0.3 is 0 Å². The van der Waals surface area contributed by atoms with Gasteiger partial charge in [0.05, 0.1) is 30.3 Å². The van der Waals surface area contributed by atoms with E-state index in [-0.39, 0.29) is 24.0 Å². The average Bonchev–Trinajstić information content (AvgIpc) is 3.32. The molecule has 2 amide bonds. The summed E-state index contributed by atoms with van der Waals surface area (Å²) in [5.41, 5.74) is 3.45. The Balaban J connectivity index is 1.03. The molecule has 2 N–H and O–H groups in total. The van der Waals surface area contributed by atoms with E-state index in [1.807, 2.05) is 36.5 Å². The number of methoxy groups -OCH3 is 1. The molecule has 3 aliphatic heterocycles. The Labute approximate surface area is 213 Å². The molecule has 4 heterocycles. The van der Waals surface area contributed by atoms with Crippen LogP contribution in [0.1, 0.15) is 28.8 Å². The van der Waals surface area contributed by atoms with Crippen LogP contribution >= 0.6 is 11.8 Å². The molecule has 1 aromatic heterocycles. The second kappa shape index (κ2) is 9.63. The van der Waals surface area contributed by atoms with Gasteiger partial charge in [-0.25, -0.2) is 0 Å². The summed E-state index contributed by atoms with van der Waals surface area (Å²) in [6, 6.07) is 11.6. The minimum Gasteiger partial charge on any atom is -0.497 e. The van der Waals surface area contributed by atoms with E-state index in [1.165, 1.54) is 17.3 Å². The van der Waals surface area contributed by atoms with Gasteiger partial charge < -0.3 is 20.1 Å². The molecule has 186 valence electrons. The number of pyridine rings is 1. The molecule has 1 saturated heterocycles. The van der Waals surface area contributed by atoms with E-state index >= 15 is 0 Å². The highest BCUT2D eigenvalue weighted by Gasteiger charge is 2.29. The molecule has 0 radical (unpaired) electrons. The van der Waals surface area contributed by atoms with Gasteiger partial charge in [0, 0.05) is 53.5 Å². The molecule has 1 fully saturated rings. The van der Waals surface area contributed by atoms with E-state index in [0.29, 0.717) is 11.3 Å². The first-order chi connectivity index (χ1) is 17.6. The van der Waals surface area contributed by atoms with E-state index in [1.54, 1.807) is 13.2 Å². The standard InChI is InChI=1S/C27H28N4O4S/c1-34-18-3-4-22-20(11-18)21-12-19(35-24(21)13-28-22)14-31-8-6-17(7-9-31)29-27(33)16-2-5-25-23(10-16)30-26(32)15-36-25/h2-5,10-11,13,17,19H,6-9,12,14-15H2,1H3,(H,29,33)(H,30,32). The number of nitrogens with zero attached hydrogens (tertiary/aromatic N) is 2. The van der Waals surface area contributed by atoms with Gasteiger partial charge in [-0.1, -0.05) is 0 Å². The molecule has 36 heavy (non-hydrogen) atoms. The highest BCUT2D eigenvalue weighted by molar-refractivity contribution is 8.00. The zero-order valence-corrected chi connectivity index (χ0v) is 20.9. The summed E-state index contributed by atoms with van der Waals surface area (Å²) < 4.78 is 11.6. The average molecular weight is 505 g/mol. The number of ether oxygens (including phenoxy) is 2. The van der Waals surface area contributed by atoms with Gasteiger partial charge in [0.25, 0.3) is 5.91 Å². The number of piperidine rings is 1. The van der Waals surface area contributed by atoms with Crippen molar-refractivity contribution >= 4 is 40.2 Å².